The van der Waals surface area contributed by atoms with E-state index < -0.39 is 23.1 Å². The van der Waals surface area contributed by atoms with Crippen molar-refractivity contribution in [3.05, 3.63) is 46.7 Å². The van der Waals surface area contributed by atoms with Gasteiger partial charge in [-0.3, -0.25) is 4.79 Å². The van der Waals surface area contributed by atoms with Crippen LogP contribution in [-0.2, 0) is 4.79 Å². The zero-order valence-corrected chi connectivity index (χ0v) is 7.05. The number of benzene rings is 1. The van der Waals surface area contributed by atoms with Gasteiger partial charge in [-0.15, -0.1) is 0 Å². The van der Waals surface area contributed by atoms with Gasteiger partial charge >= 0.3 is 0 Å². The van der Waals surface area contributed by atoms with E-state index in [9.17, 15) is 13.6 Å². The van der Waals surface area contributed by atoms with E-state index >= 15 is 0 Å². The third-order valence-corrected chi connectivity index (χ3v) is 1.96. The lowest BCUT2D eigenvalue weighted by molar-refractivity contribution is -0.114. The van der Waals surface area contributed by atoms with Gasteiger partial charge in [-0.25, -0.2) is 13.8 Å². The molecule has 0 aromatic heterocycles. The van der Waals surface area contributed by atoms with Crippen LogP contribution in [0, 0.1) is 5.82 Å². The molecule has 0 radical (unpaired) electrons. The highest BCUT2D eigenvalue weighted by atomic mass is 19.1. The minimum atomic E-state index is -0.932. The first-order valence-corrected chi connectivity index (χ1v) is 3.88. The number of carbonyl (C=O) groups is 1. The maximum absolute atomic E-state index is 13.4. The van der Waals surface area contributed by atoms with E-state index in [2.05, 4.69) is 11.6 Å². The summed E-state index contributed by atoms with van der Waals surface area (Å²) in [7, 11) is 0. The van der Waals surface area contributed by atoms with Gasteiger partial charge in [0.1, 0.15) is 11.6 Å². The summed E-state index contributed by atoms with van der Waals surface area (Å²) >= 11 is 0. The number of fused-ring (bicyclic) bond motifs is 1. The van der Waals surface area contributed by atoms with E-state index in [4.69, 9.17) is 0 Å². The zero-order valence-electron chi connectivity index (χ0n) is 7.05. The molecule has 2 rings (SSSR count). The normalized spacial score (nSPS) is 15.1. The highest BCUT2D eigenvalue weighted by molar-refractivity contribution is 6.04. The molecule has 0 saturated heterocycles. The average molecular weight is 193 g/mol. The molecule has 0 N–H and O–H groups in total. The maximum Gasteiger partial charge on any atom is 0.279 e. The molecule has 0 aliphatic carbocycles. The third-order valence-electron chi connectivity index (χ3n) is 1.96. The fraction of sp³-hybridized carbons (Fsp3) is 0. The van der Waals surface area contributed by atoms with E-state index in [1.807, 2.05) is 0 Å². The first-order chi connectivity index (χ1) is 6.61. The smallest absolute Gasteiger partial charge is 0.267 e. The lowest BCUT2D eigenvalue weighted by Crippen LogP contribution is -2.35. The molecule has 0 spiro atoms. The molecule has 1 aliphatic rings. The van der Waals surface area contributed by atoms with E-state index in [1.54, 1.807) is 0 Å². The van der Waals surface area contributed by atoms with Crippen LogP contribution in [0.5, 0.6) is 0 Å². The van der Waals surface area contributed by atoms with Crippen LogP contribution in [0.3, 0.4) is 0 Å². The van der Waals surface area contributed by atoms with Crippen LogP contribution < -0.4 is 10.6 Å². The standard InChI is InChI=1S/C10H5F2NO/c1-5-9(12)8-6(11)3-2-4-7(8)13-10(5)14/h2-4H,1H2. The topological polar surface area (TPSA) is 29.4 Å². The summed E-state index contributed by atoms with van der Waals surface area (Å²) in [4.78, 5) is 14.5. The van der Waals surface area contributed by atoms with Gasteiger partial charge in [0.2, 0.25) is 0 Å². The molecule has 0 bridgehead atoms. The number of halogens is 2. The Morgan fingerprint density at radius 3 is 2.71 bits per heavy atom. The quantitative estimate of drug-likeness (QED) is 0.555. The highest BCUT2D eigenvalue weighted by Crippen LogP contribution is 2.12. The van der Waals surface area contributed by atoms with Crippen LogP contribution in [0.2, 0.25) is 0 Å². The van der Waals surface area contributed by atoms with Crippen molar-refractivity contribution in [2.75, 3.05) is 0 Å². The second-order valence-corrected chi connectivity index (χ2v) is 2.84. The molecular formula is C10H5F2NO. The molecule has 0 atom stereocenters. The second-order valence-electron chi connectivity index (χ2n) is 2.84. The van der Waals surface area contributed by atoms with Crippen LogP contribution in [-0.4, -0.2) is 5.91 Å². The van der Waals surface area contributed by atoms with Gasteiger partial charge in [-0.05, 0) is 12.1 Å². The van der Waals surface area contributed by atoms with Crippen molar-refractivity contribution in [3.8, 4) is 0 Å². The molecule has 70 valence electrons. The summed E-state index contributed by atoms with van der Waals surface area (Å²) in [6.07, 6.45) is 0. The Labute approximate surface area is 77.9 Å². The van der Waals surface area contributed by atoms with Crippen LogP contribution in [0.25, 0.3) is 5.83 Å². The average Bonchev–Trinajstić information content (AvgIpc) is 2.14. The van der Waals surface area contributed by atoms with Gasteiger partial charge in [0, 0.05) is 0 Å². The molecule has 4 heteroatoms. The lowest BCUT2D eigenvalue weighted by atomic mass is 10.1. The molecule has 14 heavy (non-hydrogen) atoms. The summed E-state index contributed by atoms with van der Waals surface area (Å²) in [6.45, 7) is 3.19. The Kier molecular flexibility index (Phi) is 1.77. The van der Waals surface area contributed by atoms with Crippen molar-refractivity contribution < 1.29 is 13.6 Å². The molecule has 1 aromatic carbocycles. The van der Waals surface area contributed by atoms with Crippen molar-refractivity contribution >= 4 is 11.7 Å². The van der Waals surface area contributed by atoms with Gasteiger partial charge in [0.25, 0.3) is 5.91 Å². The van der Waals surface area contributed by atoms with Crippen molar-refractivity contribution in [1.82, 2.24) is 0 Å². The van der Waals surface area contributed by atoms with Gasteiger partial charge < -0.3 is 0 Å². The Morgan fingerprint density at radius 1 is 1.29 bits per heavy atom. The SMILES string of the molecule is C=C1C(=O)N=c2cccc(F)c2=C1F. The predicted molar refractivity (Wildman–Crippen MR) is 45.8 cm³/mol. The van der Waals surface area contributed by atoms with Gasteiger partial charge in [-0.1, -0.05) is 12.6 Å². The summed E-state index contributed by atoms with van der Waals surface area (Å²) in [6, 6.07) is 3.85. The van der Waals surface area contributed by atoms with Crippen LogP contribution >= 0.6 is 0 Å². The number of nitrogens with zero attached hydrogens (tertiary/aromatic N) is 1. The van der Waals surface area contributed by atoms with Crippen LogP contribution in [0.1, 0.15) is 0 Å². The first-order valence-electron chi connectivity index (χ1n) is 3.88. The fourth-order valence-corrected chi connectivity index (χ4v) is 1.24. The molecular weight excluding hydrogens is 188 g/mol. The van der Waals surface area contributed by atoms with Crippen molar-refractivity contribution in [2.45, 2.75) is 0 Å². The van der Waals surface area contributed by atoms with E-state index in [0.29, 0.717) is 0 Å². The van der Waals surface area contributed by atoms with Crippen molar-refractivity contribution in [3.63, 3.8) is 0 Å². The minimum absolute atomic E-state index is 0.0138. The molecule has 1 heterocycles. The predicted octanol–water partition coefficient (Wildman–Crippen LogP) is 0.619. The summed E-state index contributed by atoms with van der Waals surface area (Å²) in [5.74, 6) is -2.43. The lowest BCUT2D eigenvalue weighted by Gasteiger charge is -2.04. The fourth-order valence-electron chi connectivity index (χ4n) is 1.24. The Hall–Kier alpha value is -1.84. The van der Waals surface area contributed by atoms with E-state index in [-0.39, 0.29) is 10.6 Å². The van der Waals surface area contributed by atoms with Crippen molar-refractivity contribution in [2.24, 2.45) is 4.99 Å². The number of carbonyl (C=O) groups excluding carboxylic acids is 1. The maximum atomic E-state index is 13.4. The summed E-state index contributed by atoms with van der Waals surface area (Å²) in [5, 5.41) is -0.267. The summed E-state index contributed by atoms with van der Waals surface area (Å²) in [5.41, 5.74) is -0.400. The molecule has 0 fully saturated rings. The Bertz CT molecular complexity index is 560. The van der Waals surface area contributed by atoms with Gasteiger partial charge in [-0.2, -0.15) is 0 Å². The minimum Gasteiger partial charge on any atom is -0.267 e. The molecule has 2 nitrogen and oxygen atoms in total. The van der Waals surface area contributed by atoms with Crippen LogP contribution in [0.15, 0.2) is 35.3 Å². The van der Waals surface area contributed by atoms with E-state index in [0.717, 1.165) is 6.07 Å². The van der Waals surface area contributed by atoms with Gasteiger partial charge in [0.05, 0.1) is 16.1 Å². The second kappa shape index (κ2) is 2.83. The molecule has 1 amide bonds. The van der Waals surface area contributed by atoms with E-state index in [1.165, 1.54) is 12.1 Å². The highest BCUT2D eigenvalue weighted by Gasteiger charge is 2.18. The zero-order chi connectivity index (χ0) is 10.3. The van der Waals surface area contributed by atoms with Crippen LogP contribution in [0.4, 0.5) is 8.78 Å². The van der Waals surface area contributed by atoms with Crippen molar-refractivity contribution in [1.29, 1.82) is 0 Å². The third kappa shape index (κ3) is 1.08. The number of amides is 1. The monoisotopic (exact) mass is 193 g/mol. The summed E-state index contributed by atoms with van der Waals surface area (Å²) < 4.78 is 26.5. The molecule has 0 saturated carbocycles. The molecule has 1 aliphatic heterocycles. The molecule has 0 unspecified atom stereocenters. The number of hydrogen-bond donors (Lipinski definition) is 0. The number of hydrogen-bond acceptors (Lipinski definition) is 1. The van der Waals surface area contributed by atoms with Gasteiger partial charge in [0.15, 0.2) is 0 Å². The Balaban J connectivity index is 3.03. The molecule has 1 aromatic rings. The Morgan fingerprint density at radius 2 is 2.00 bits per heavy atom. The number of rotatable bonds is 0. The first kappa shape index (κ1) is 8.74. The largest absolute Gasteiger partial charge is 0.279 e.